The molecule has 0 N–H and O–H groups in total. The predicted octanol–water partition coefficient (Wildman–Crippen LogP) is 2.51. The molecule has 1 aromatic rings. The van der Waals surface area contributed by atoms with E-state index in [-0.39, 0.29) is 0 Å². The third-order valence-electron chi connectivity index (χ3n) is 2.91. The highest BCUT2D eigenvalue weighted by Crippen LogP contribution is 2.37. The van der Waals surface area contributed by atoms with E-state index in [0.29, 0.717) is 11.3 Å². The topological polar surface area (TPSA) is 72.4 Å². The van der Waals surface area contributed by atoms with E-state index in [1.807, 2.05) is 19.9 Å². The van der Waals surface area contributed by atoms with E-state index in [1.165, 1.54) is 6.34 Å². The smallest absolute Gasteiger partial charge is 0.207 e. The first-order chi connectivity index (χ1) is 9.46. The van der Waals surface area contributed by atoms with Crippen molar-refractivity contribution in [1.29, 1.82) is 10.5 Å². The fourth-order valence-electron chi connectivity index (χ4n) is 2.07. The number of benzene rings is 1. The van der Waals surface area contributed by atoms with Crippen molar-refractivity contribution in [2.24, 2.45) is 4.99 Å². The van der Waals surface area contributed by atoms with E-state index in [9.17, 15) is 0 Å². The highest BCUT2D eigenvalue weighted by atomic mass is 16.5. The van der Waals surface area contributed by atoms with Crippen LogP contribution in [0.15, 0.2) is 29.3 Å². The van der Waals surface area contributed by atoms with Crippen LogP contribution in [0.4, 0.5) is 0 Å². The van der Waals surface area contributed by atoms with E-state index in [1.54, 1.807) is 36.3 Å². The molecule has 0 aliphatic carbocycles. The Morgan fingerprint density at radius 1 is 1.35 bits per heavy atom. The van der Waals surface area contributed by atoms with Crippen molar-refractivity contribution in [2.45, 2.75) is 19.4 Å². The molecule has 0 saturated heterocycles. The third kappa shape index (κ3) is 2.62. The lowest BCUT2D eigenvalue weighted by Crippen LogP contribution is -2.32. The molecular formula is C15H14N4O. The van der Waals surface area contributed by atoms with Gasteiger partial charge in [-0.1, -0.05) is 0 Å². The van der Waals surface area contributed by atoms with Crippen molar-refractivity contribution in [1.82, 2.24) is 4.90 Å². The Balaban J connectivity index is 2.54. The van der Waals surface area contributed by atoms with Gasteiger partial charge in [-0.15, -0.1) is 0 Å². The highest BCUT2D eigenvalue weighted by Gasteiger charge is 2.28. The van der Waals surface area contributed by atoms with Gasteiger partial charge >= 0.3 is 0 Å². The highest BCUT2D eigenvalue weighted by molar-refractivity contribution is 5.81. The summed E-state index contributed by atoms with van der Waals surface area (Å²) < 4.78 is 5.88. The van der Waals surface area contributed by atoms with Crippen molar-refractivity contribution in [2.75, 3.05) is 7.05 Å². The molecule has 0 aromatic heterocycles. The van der Waals surface area contributed by atoms with E-state index in [4.69, 9.17) is 15.3 Å². The summed E-state index contributed by atoms with van der Waals surface area (Å²) in [7, 11) is 1.80. The van der Waals surface area contributed by atoms with Crippen molar-refractivity contribution < 1.29 is 4.74 Å². The number of nitriles is 2. The first-order valence-corrected chi connectivity index (χ1v) is 6.08. The molecule has 0 amide bonds. The Bertz CT molecular complexity index is 674. The molecule has 1 heterocycles. The Kier molecular flexibility index (Phi) is 3.45. The zero-order valence-electron chi connectivity index (χ0n) is 11.6. The minimum atomic E-state index is -0.467. The minimum Gasteiger partial charge on any atom is -0.483 e. The molecule has 20 heavy (non-hydrogen) atoms. The summed E-state index contributed by atoms with van der Waals surface area (Å²) in [6, 6.07) is 7.40. The fourth-order valence-corrected chi connectivity index (χ4v) is 2.07. The lowest BCUT2D eigenvalue weighted by Gasteiger charge is -2.33. The van der Waals surface area contributed by atoms with Crippen LogP contribution in [0.3, 0.4) is 0 Å². The first kappa shape index (κ1) is 13.6. The van der Waals surface area contributed by atoms with Crippen molar-refractivity contribution >= 4 is 12.0 Å². The van der Waals surface area contributed by atoms with Gasteiger partial charge in [-0.3, -0.25) is 0 Å². The van der Waals surface area contributed by atoms with Crippen LogP contribution in [0, 0.1) is 22.8 Å². The lowest BCUT2D eigenvalue weighted by atomic mass is 9.97. The van der Waals surface area contributed by atoms with Gasteiger partial charge in [0.15, 0.2) is 0 Å². The van der Waals surface area contributed by atoms with Crippen LogP contribution in [0.5, 0.6) is 5.75 Å². The maximum Gasteiger partial charge on any atom is 0.207 e. The van der Waals surface area contributed by atoms with E-state index >= 15 is 0 Å². The van der Waals surface area contributed by atoms with Crippen molar-refractivity contribution in [3.63, 3.8) is 0 Å². The summed E-state index contributed by atoms with van der Waals surface area (Å²) in [5.74, 6) is 0.712. The second-order valence-corrected chi connectivity index (χ2v) is 5.01. The third-order valence-corrected chi connectivity index (χ3v) is 2.91. The number of aliphatic imine (C=N–C) groups is 1. The van der Waals surface area contributed by atoms with Crippen molar-refractivity contribution in [3.8, 4) is 18.0 Å². The monoisotopic (exact) mass is 266 g/mol. The molecule has 0 spiro atoms. The molecule has 0 atom stereocenters. The quantitative estimate of drug-likeness (QED) is 0.468. The zero-order valence-corrected chi connectivity index (χ0v) is 11.6. The van der Waals surface area contributed by atoms with E-state index in [2.05, 4.69) is 11.1 Å². The second kappa shape index (κ2) is 5.07. The first-order valence-electron chi connectivity index (χ1n) is 6.08. The van der Waals surface area contributed by atoms with Crippen LogP contribution in [0.1, 0.15) is 25.0 Å². The number of fused-ring (bicyclic) bond motifs is 1. The van der Waals surface area contributed by atoms with Gasteiger partial charge in [0.2, 0.25) is 6.19 Å². The molecule has 1 aliphatic heterocycles. The average Bonchev–Trinajstić information content (AvgIpc) is 2.42. The minimum absolute atomic E-state index is 0.467. The molecule has 1 aliphatic rings. The summed E-state index contributed by atoms with van der Waals surface area (Å²) in [6.45, 7) is 3.90. The SMILES string of the molecule is CN(/C=N/C#N)C1=CC(C)(C)Oc2ccc(C#N)cc21. The molecule has 2 rings (SSSR count). The van der Waals surface area contributed by atoms with Gasteiger partial charge in [0.1, 0.15) is 17.7 Å². The normalized spacial score (nSPS) is 15.6. The van der Waals surface area contributed by atoms with Gasteiger partial charge in [-0.05, 0) is 38.1 Å². The average molecular weight is 266 g/mol. The largest absolute Gasteiger partial charge is 0.483 e. The summed E-state index contributed by atoms with van der Waals surface area (Å²) in [5.41, 5.74) is 1.76. The van der Waals surface area contributed by atoms with Crippen LogP contribution in [-0.4, -0.2) is 23.9 Å². The van der Waals surface area contributed by atoms with Crippen LogP contribution in [0.25, 0.3) is 5.70 Å². The zero-order chi connectivity index (χ0) is 14.8. The number of hydrogen-bond donors (Lipinski definition) is 0. The number of hydrogen-bond acceptors (Lipinski definition) is 4. The van der Waals surface area contributed by atoms with Gasteiger partial charge in [0, 0.05) is 12.6 Å². The molecule has 0 bridgehead atoms. The molecular weight excluding hydrogens is 252 g/mol. The van der Waals surface area contributed by atoms with Gasteiger partial charge in [0.25, 0.3) is 0 Å². The fraction of sp³-hybridized carbons (Fsp3) is 0.267. The van der Waals surface area contributed by atoms with Gasteiger partial charge < -0.3 is 9.64 Å². The Morgan fingerprint density at radius 2 is 2.10 bits per heavy atom. The summed E-state index contributed by atoms with van der Waals surface area (Å²) >= 11 is 0. The molecule has 0 radical (unpaired) electrons. The van der Waals surface area contributed by atoms with Crippen LogP contribution < -0.4 is 4.74 Å². The standard InChI is InChI=1S/C15H14N4O/c1-15(2)7-13(19(3)10-18-9-17)12-6-11(8-16)4-5-14(12)20-15/h4-7,10H,1-3H3/b18-10+. The number of ether oxygens (including phenoxy) is 1. The number of rotatable bonds is 2. The predicted molar refractivity (Wildman–Crippen MR) is 75.7 cm³/mol. The van der Waals surface area contributed by atoms with Gasteiger partial charge in [0.05, 0.1) is 17.3 Å². The van der Waals surface area contributed by atoms with Crippen LogP contribution in [-0.2, 0) is 0 Å². The summed E-state index contributed by atoms with van der Waals surface area (Å²) in [5, 5.41) is 17.5. The van der Waals surface area contributed by atoms with E-state index < -0.39 is 5.60 Å². The second-order valence-electron chi connectivity index (χ2n) is 5.01. The number of nitrogens with zero attached hydrogens (tertiary/aromatic N) is 4. The molecule has 5 nitrogen and oxygen atoms in total. The van der Waals surface area contributed by atoms with E-state index in [0.717, 1.165) is 11.3 Å². The molecule has 0 unspecified atom stereocenters. The molecule has 0 fully saturated rings. The Labute approximate surface area is 118 Å². The maximum absolute atomic E-state index is 9.01. The summed E-state index contributed by atoms with van der Waals surface area (Å²) in [6.07, 6.45) is 5.11. The Morgan fingerprint density at radius 3 is 2.75 bits per heavy atom. The molecule has 1 aromatic carbocycles. The Hall–Kier alpha value is -2.79. The van der Waals surface area contributed by atoms with Crippen molar-refractivity contribution in [3.05, 3.63) is 35.4 Å². The van der Waals surface area contributed by atoms with Crippen LogP contribution >= 0.6 is 0 Å². The molecule has 5 heteroatoms. The molecule has 100 valence electrons. The van der Waals surface area contributed by atoms with Crippen LogP contribution in [0.2, 0.25) is 0 Å². The summed E-state index contributed by atoms with van der Waals surface area (Å²) in [4.78, 5) is 5.31. The van der Waals surface area contributed by atoms with Gasteiger partial charge in [-0.2, -0.15) is 15.5 Å². The van der Waals surface area contributed by atoms with Gasteiger partial charge in [-0.25, -0.2) is 0 Å². The lowest BCUT2D eigenvalue weighted by molar-refractivity contribution is 0.156. The molecule has 0 saturated carbocycles. The maximum atomic E-state index is 9.01.